The first kappa shape index (κ1) is 23.3. The maximum Gasteiger partial charge on any atom is 0.203 e. The molecule has 9 heteroatoms. The van der Waals surface area contributed by atoms with E-state index in [-0.39, 0.29) is 24.0 Å². The summed E-state index contributed by atoms with van der Waals surface area (Å²) in [6.07, 6.45) is 0. The van der Waals surface area contributed by atoms with Crippen molar-refractivity contribution in [3.8, 4) is 17.2 Å². The number of rotatable bonds is 7. The number of methoxy groups -OCH3 is 3. The molecule has 1 heterocycles. The van der Waals surface area contributed by atoms with Crippen LogP contribution in [0.2, 0.25) is 0 Å². The second-order valence-corrected chi connectivity index (χ2v) is 6.76. The van der Waals surface area contributed by atoms with Crippen LogP contribution in [0.1, 0.15) is 22.5 Å². The molecule has 1 aromatic carbocycles. The minimum atomic E-state index is 0. The first-order valence-electron chi connectivity index (χ1n) is 8.30. The number of hydrogen-bond acceptors (Lipinski definition) is 6. The zero-order valence-corrected chi connectivity index (χ0v) is 19.7. The molecular formula is C18H27IN4O3S. The van der Waals surface area contributed by atoms with Gasteiger partial charge >= 0.3 is 0 Å². The highest BCUT2D eigenvalue weighted by atomic mass is 127. The molecular weight excluding hydrogens is 479 g/mol. The van der Waals surface area contributed by atoms with E-state index in [0.717, 1.165) is 27.8 Å². The van der Waals surface area contributed by atoms with E-state index in [1.165, 1.54) is 0 Å². The summed E-state index contributed by atoms with van der Waals surface area (Å²) in [5.41, 5.74) is 1.82. The highest BCUT2D eigenvalue weighted by molar-refractivity contribution is 14.0. The number of thiazole rings is 1. The van der Waals surface area contributed by atoms with E-state index in [1.54, 1.807) is 32.7 Å². The molecule has 27 heavy (non-hydrogen) atoms. The van der Waals surface area contributed by atoms with Crippen LogP contribution in [0, 0.1) is 13.8 Å². The standard InChI is InChI=1S/C18H26N4O3S.HI/c1-7-19-18(20-10-16-11(2)21-12(3)26-16)22-13-8-14(23-4)17(25-6)15(9-13)24-5;/h8-9H,7,10H2,1-6H3,(H2,19,20,22);1H. The number of halogens is 1. The molecule has 0 radical (unpaired) electrons. The van der Waals surface area contributed by atoms with E-state index in [0.29, 0.717) is 29.8 Å². The normalized spacial score (nSPS) is 10.8. The lowest BCUT2D eigenvalue weighted by atomic mass is 10.2. The van der Waals surface area contributed by atoms with Crippen LogP contribution in [0.4, 0.5) is 5.69 Å². The fourth-order valence-corrected chi connectivity index (χ4v) is 3.33. The second-order valence-electron chi connectivity index (χ2n) is 5.48. The minimum absolute atomic E-state index is 0. The lowest BCUT2D eigenvalue weighted by Gasteiger charge is -2.16. The van der Waals surface area contributed by atoms with Crippen molar-refractivity contribution in [2.45, 2.75) is 27.3 Å². The zero-order chi connectivity index (χ0) is 19.1. The zero-order valence-electron chi connectivity index (χ0n) is 16.5. The van der Waals surface area contributed by atoms with Gasteiger partial charge in [-0.1, -0.05) is 0 Å². The number of anilines is 1. The van der Waals surface area contributed by atoms with Crippen molar-refractivity contribution in [1.29, 1.82) is 0 Å². The molecule has 0 spiro atoms. The molecule has 150 valence electrons. The van der Waals surface area contributed by atoms with Crippen molar-refractivity contribution < 1.29 is 14.2 Å². The van der Waals surface area contributed by atoms with Crippen molar-refractivity contribution in [1.82, 2.24) is 10.3 Å². The summed E-state index contributed by atoms with van der Waals surface area (Å²) >= 11 is 1.67. The van der Waals surface area contributed by atoms with Crippen molar-refractivity contribution in [3.63, 3.8) is 0 Å². The van der Waals surface area contributed by atoms with E-state index in [1.807, 2.05) is 32.9 Å². The van der Waals surface area contributed by atoms with Crippen molar-refractivity contribution in [2.75, 3.05) is 33.2 Å². The smallest absolute Gasteiger partial charge is 0.203 e. The first-order valence-corrected chi connectivity index (χ1v) is 9.12. The molecule has 0 unspecified atom stereocenters. The van der Waals surface area contributed by atoms with Crippen LogP contribution in [-0.2, 0) is 6.54 Å². The Bertz CT molecular complexity index is 755. The Labute approximate surface area is 181 Å². The van der Waals surface area contributed by atoms with Gasteiger partial charge in [0.1, 0.15) is 0 Å². The summed E-state index contributed by atoms with van der Waals surface area (Å²) in [6.45, 7) is 7.35. The molecule has 2 aromatic rings. The average molecular weight is 506 g/mol. The predicted molar refractivity (Wildman–Crippen MR) is 122 cm³/mol. The van der Waals surface area contributed by atoms with Crippen LogP contribution in [0.5, 0.6) is 17.2 Å². The number of nitrogens with zero attached hydrogens (tertiary/aromatic N) is 2. The maximum absolute atomic E-state index is 5.40. The number of aryl methyl sites for hydroxylation is 2. The maximum atomic E-state index is 5.40. The number of nitrogens with one attached hydrogen (secondary N) is 2. The third-order valence-electron chi connectivity index (χ3n) is 3.65. The summed E-state index contributed by atoms with van der Waals surface area (Å²) in [6, 6.07) is 3.69. The molecule has 0 aliphatic rings. The van der Waals surface area contributed by atoms with Crippen molar-refractivity contribution >= 4 is 47.0 Å². The molecule has 0 bridgehead atoms. The van der Waals surface area contributed by atoms with Gasteiger partial charge in [0.15, 0.2) is 17.5 Å². The molecule has 2 N–H and O–H groups in total. The van der Waals surface area contributed by atoms with Gasteiger partial charge in [0.2, 0.25) is 5.75 Å². The average Bonchev–Trinajstić information content (AvgIpc) is 2.96. The fraction of sp³-hybridized carbons (Fsp3) is 0.444. The quantitative estimate of drug-likeness (QED) is 0.336. The Morgan fingerprint density at radius 2 is 1.74 bits per heavy atom. The number of ether oxygens (including phenoxy) is 3. The van der Waals surface area contributed by atoms with Gasteiger partial charge in [-0.3, -0.25) is 0 Å². The van der Waals surface area contributed by atoms with Gasteiger partial charge in [0.05, 0.1) is 38.6 Å². The summed E-state index contributed by atoms with van der Waals surface area (Å²) in [5.74, 6) is 2.39. The monoisotopic (exact) mass is 506 g/mol. The third kappa shape index (κ3) is 6.13. The topological polar surface area (TPSA) is 77.0 Å². The number of benzene rings is 1. The summed E-state index contributed by atoms with van der Waals surface area (Å²) in [7, 11) is 4.77. The fourth-order valence-electron chi connectivity index (χ4n) is 2.47. The van der Waals surface area contributed by atoms with E-state index >= 15 is 0 Å². The van der Waals surface area contributed by atoms with E-state index in [2.05, 4.69) is 20.6 Å². The van der Waals surface area contributed by atoms with Crippen LogP contribution >= 0.6 is 35.3 Å². The van der Waals surface area contributed by atoms with E-state index in [4.69, 9.17) is 14.2 Å². The Hall–Kier alpha value is -1.75. The molecule has 0 aliphatic heterocycles. The summed E-state index contributed by atoms with van der Waals surface area (Å²) in [4.78, 5) is 10.3. The molecule has 0 aliphatic carbocycles. The van der Waals surface area contributed by atoms with Gasteiger partial charge in [0.25, 0.3) is 0 Å². The molecule has 0 amide bonds. The summed E-state index contributed by atoms with van der Waals surface area (Å²) in [5, 5.41) is 7.58. The lowest BCUT2D eigenvalue weighted by molar-refractivity contribution is 0.324. The molecule has 1 aromatic heterocycles. The van der Waals surface area contributed by atoms with Crippen LogP contribution < -0.4 is 24.8 Å². The molecule has 7 nitrogen and oxygen atoms in total. The molecule has 0 saturated heterocycles. The SMILES string of the molecule is CCNC(=NCc1sc(C)nc1C)Nc1cc(OC)c(OC)c(OC)c1.I. The van der Waals surface area contributed by atoms with Crippen molar-refractivity contribution in [2.24, 2.45) is 4.99 Å². The van der Waals surface area contributed by atoms with Gasteiger partial charge in [-0.25, -0.2) is 9.98 Å². The Morgan fingerprint density at radius 1 is 1.11 bits per heavy atom. The molecule has 0 saturated carbocycles. The van der Waals surface area contributed by atoms with Crippen LogP contribution in [0.3, 0.4) is 0 Å². The van der Waals surface area contributed by atoms with Gasteiger partial charge in [-0.2, -0.15) is 0 Å². The first-order chi connectivity index (χ1) is 12.5. The molecule has 0 atom stereocenters. The van der Waals surface area contributed by atoms with Crippen LogP contribution in [-0.4, -0.2) is 38.8 Å². The Morgan fingerprint density at radius 3 is 2.19 bits per heavy atom. The lowest BCUT2D eigenvalue weighted by Crippen LogP contribution is -2.30. The van der Waals surface area contributed by atoms with Gasteiger partial charge < -0.3 is 24.8 Å². The van der Waals surface area contributed by atoms with Gasteiger partial charge in [0, 0.05) is 29.2 Å². The highest BCUT2D eigenvalue weighted by Gasteiger charge is 2.14. The van der Waals surface area contributed by atoms with E-state index < -0.39 is 0 Å². The number of aromatic nitrogens is 1. The number of hydrogen-bond donors (Lipinski definition) is 2. The van der Waals surface area contributed by atoms with E-state index in [9.17, 15) is 0 Å². The Kier molecular flexibility index (Phi) is 9.64. The number of guanidine groups is 1. The number of aliphatic imine (C=N–C) groups is 1. The predicted octanol–water partition coefficient (Wildman–Crippen LogP) is 3.98. The van der Waals surface area contributed by atoms with Gasteiger partial charge in [-0.05, 0) is 20.8 Å². The second kappa shape index (κ2) is 11.2. The van der Waals surface area contributed by atoms with Crippen LogP contribution in [0.15, 0.2) is 17.1 Å². The largest absolute Gasteiger partial charge is 0.493 e. The summed E-state index contributed by atoms with van der Waals surface area (Å²) < 4.78 is 16.2. The van der Waals surface area contributed by atoms with Crippen molar-refractivity contribution in [3.05, 3.63) is 27.7 Å². The molecule has 2 rings (SSSR count). The Balaban J connectivity index is 0.00000364. The van der Waals surface area contributed by atoms with Gasteiger partial charge in [-0.15, -0.1) is 35.3 Å². The molecule has 0 fully saturated rings. The van der Waals surface area contributed by atoms with Crippen LogP contribution in [0.25, 0.3) is 0 Å². The minimum Gasteiger partial charge on any atom is -0.493 e. The highest BCUT2D eigenvalue weighted by Crippen LogP contribution is 2.39. The third-order valence-corrected chi connectivity index (χ3v) is 4.71.